The number of aromatic nitrogens is 1. The van der Waals surface area contributed by atoms with Crippen molar-refractivity contribution in [1.29, 1.82) is 0 Å². The summed E-state index contributed by atoms with van der Waals surface area (Å²) in [6.45, 7) is 4.16. The SMILES string of the molecule is COc1cc(OC)c(/C(O)=C2\C(=O)C(=O)N(CCOC(C)C)C2c2cccnc2)cc1Cl. The number of pyridine rings is 1. The fourth-order valence-corrected chi connectivity index (χ4v) is 3.81. The van der Waals surface area contributed by atoms with Gasteiger partial charge in [0.05, 0.1) is 49.1 Å². The lowest BCUT2D eigenvalue weighted by Gasteiger charge is -2.25. The molecule has 0 saturated carbocycles. The molecule has 1 aromatic heterocycles. The van der Waals surface area contributed by atoms with E-state index in [1.54, 1.807) is 24.5 Å². The van der Waals surface area contributed by atoms with Gasteiger partial charge in [0.15, 0.2) is 0 Å². The molecule has 1 N–H and O–H groups in total. The smallest absolute Gasteiger partial charge is 0.295 e. The average Bonchev–Trinajstić information content (AvgIpc) is 3.03. The number of ether oxygens (including phenoxy) is 3. The maximum atomic E-state index is 13.1. The Balaban J connectivity index is 2.16. The van der Waals surface area contributed by atoms with Crippen LogP contribution in [0.25, 0.3) is 5.76 Å². The minimum Gasteiger partial charge on any atom is -0.507 e. The minimum absolute atomic E-state index is 0.0330. The zero-order valence-corrected chi connectivity index (χ0v) is 19.0. The first kappa shape index (κ1) is 23.6. The number of halogens is 1. The summed E-state index contributed by atoms with van der Waals surface area (Å²) in [5.41, 5.74) is 0.673. The van der Waals surface area contributed by atoms with E-state index < -0.39 is 23.5 Å². The van der Waals surface area contributed by atoms with Crippen LogP contribution in [0.3, 0.4) is 0 Å². The molecule has 9 heteroatoms. The van der Waals surface area contributed by atoms with Gasteiger partial charge in [-0.25, -0.2) is 0 Å². The molecule has 2 heterocycles. The molecule has 8 nitrogen and oxygen atoms in total. The Morgan fingerprint density at radius 1 is 1.22 bits per heavy atom. The number of Topliss-reactive ketones (excluding diaryl/α,β-unsaturated/α-hetero) is 1. The third-order valence-corrected chi connectivity index (χ3v) is 5.35. The van der Waals surface area contributed by atoms with Crippen molar-refractivity contribution in [2.45, 2.75) is 26.0 Å². The van der Waals surface area contributed by atoms with E-state index in [9.17, 15) is 14.7 Å². The van der Waals surface area contributed by atoms with Crippen molar-refractivity contribution in [2.75, 3.05) is 27.4 Å². The van der Waals surface area contributed by atoms with Crippen LogP contribution in [0, 0.1) is 0 Å². The normalized spacial score (nSPS) is 17.8. The first-order chi connectivity index (χ1) is 15.3. The third kappa shape index (κ3) is 4.56. The van der Waals surface area contributed by atoms with E-state index in [1.165, 1.54) is 31.3 Å². The largest absolute Gasteiger partial charge is 0.507 e. The van der Waals surface area contributed by atoms with Crippen molar-refractivity contribution in [3.63, 3.8) is 0 Å². The van der Waals surface area contributed by atoms with Gasteiger partial charge in [0.1, 0.15) is 17.3 Å². The summed E-state index contributed by atoms with van der Waals surface area (Å²) in [5, 5.41) is 11.4. The van der Waals surface area contributed by atoms with E-state index in [-0.39, 0.29) is 41.2 Å². The average molecular weight is 461 g/mol. The van der Waals surface area contributed by atoms with Crippen LogP contribution in [0.15, 0.2) is 42.2 Å². The van der Waals surface area contributed by atoms with Crippen molar-refractivity contribution < 1.29 is 28.9 Å². The number of nitrogens with zero attached hydrogens (tertiary/aromatic N) is 2. The number of rotatable bonds is 8. The van der Waals surface area contributed by atoms with Gasteiger partial charge in [0.2, 0.25) is 0 Å². The fourth-order valence-electron chi connectivity index (χ4n) is 3.57. The van der Waals surface area contributed by atoms with Gasteiger partial charge < -0.3 is 24.2 Å². The molecule has 1 unspecified atom stereocenters. The summed E-state index contributed by atoms with van der Waals surface area (Å²) >= 11 is 6.25. The van der Waals surface area contributed by atoms with Crippen LogP contribution in [-0.4, -0.2) is 60.2 Å². The third-order valence-electron chi connectivity index (χ3n) is 5.05. The second-order valence-corrected chi connectivity index (χ2v) is 7.79. The van der Waals surface area contributed by atoms with E-state index in [4.69, 9.17) is 25.8 Å². The molecule has 3 rings (SSSR count). The number of carbonyl (C=O) groups excluding carboxylic acids is 2. The molecular weight excluding hydrogens is 436 g/mol. The van der Waals surface area contributed by atoms with Crippen LogP contribution in [-0.2, 0) is 14.3 Å². The standard InChI is InChI=1S/C23H25ClN2O6/c1-13(2)32-9-8-26-20(14-6-5-7-25-12-14)19(22(28)23(26)29)21(27)15-10-16(24)18(31-4)11-17(15)30-3/h5-7,10-13,20,27H,8-9H2,1-4H3/b21-19+. The van der Waals surface area contributed by atoms with Crippen molar-refractivity contribution in [1.82, 2.24) is 9.88 Å². The van der Waals surface area contributed by atoms with Gasteiger partial charge in [0, 0.05) is 25.0 Å². The first-order valence-corrected chi connectivity index (χ1v) is 10.4. The van der Waals surface area contributed by atoms with Crippen LogP contribution in [0.1, 0.15) is 31.0 Å². The van der Waals surface area contributed by atoms with Crippen LogP contribution < -0.4 is 9.47 Å². The van der Waals surface area contributed by atoms with Crippen LogP contribution in [0.4, 0.5) is 0 Å². The zero-order chi connectivity index (χ0) is 23.4. The maximum Gasteiger partial charge on any atom is 0.295 e. The van der Waals surface area contributed by atoms with Crippen molar-refractivity contribution >= 4 is 29.1 Å². The Bertz CT molecular complexity index is 1040. The van der Waals surface area contributed by atoms with Gasteiger partial charge in [-0.1, -0.05) is 17.7 Å². The summed E-state index contributed by atoms with van der Waals surface area (Å²) in [4.78, 5) is 31.5. The number of benzene rings is 1. The molecule has 1 aliphatic rings. The molecule has 1 atom stereocenters. The van der Waals surface area contributed by atoms with Gasteiger partial charge >= 0.3 is 0 Å². The predicted octanol–water partition coefficient (Wildman–Crippen LogP) is 3.60. The second-order valence-electron chi connectivity index (χ2n) is 7.39. The van der Waals surface area contributed by atoms with E-state index in [0.29, 0.717) is 11.3 Å². The highest BCUT2D eigenvalue weighted by Crippen LogP contribution is 2.42. The summed E-state index contributed by atoms with van der Waals surface area (Å²) in [6, 6.07) is 5.54. The van der Waals surface area contributed by atoms with Gasteiger partial charge in [-0.05, 0) is 31.5 Å². The highest BCUT2D eigenvalue weighted by Gasteiger charge is 2.46. The molecule has 2 aromatic rings. The van der Waals surface area contributed by atoms with Gasteiger partial charge in [-0.3, -0.25) is 14.6 Å². The van der Waals surface area contributed by atoms with Crippen LogP contribution >= 0.6 is 11.6 Å². The summed E-state index contributed by atoms with van der Waals surface area (Å²) in [5.74, 6) is -1.36. The number of aliphatic hydroxyl groups excluding tert-OH is 1. The first-order valence-electron chi connectivity index (χ1n) is 10.0. The zero-order valence-electron chi connectivity index (χ0n) is 18.3. The number of carbonyl (C=O) groups is 2. The van der Waals surface area contributed by atoms with E-state index in [0.717, 1.165) is 0 Å². The summed E-state index contributed by atoms with van der Waals surface area (Å²) < 4.78 is 16.1. The lowest BCUT2D eigenvalue weighted by molar-refractivity contribution is -0.140. The molecule has 1 amide bonds. The number of methoxy groups -OCH3 is 2. The molecular formula is C23H25ClN2O6. The maximum absolute atomic E-state index is 13.1. The number of hydrogen-bond acceptors (Lipinski definition) is 7. The molecule has 0 spiro atoms. The predicted molar refractivity (Wildman–Crippen MR) is 119 cm³/mol. The van der Waals surface area contributed by atoms with Gasteiger partial charge in [0.25, 0.3) is 11.7 Å². The summed E-state index contributed by atoms with van der Waals surface area (Å²) in [7, 11) is 2.87. The molecule has 0 bridgehead atoms. The Morgan fingerprint density at radius 2 is 1.94 bits per heavy atom. The van der Waals surface area contributed by atoms with Crippen LogP contribution in [0.5, 0.6) is 11.5 Å². The molecule has 0 radical (unpaired) electrons. The van der Waals surface area contributed by atoms with Crippen molar-refractivity contribution in [3.8, 4) is 11.5 Å². The van der Waals surface area contributed by atoms with Gasteiger partial charge in [-0.15, -0.1) is 0 Å². The van der Waals surface area contributed by atoms with E-state index in [2.05, 4.69) is 4.98 Å². The highest BCUT2D eigenvalue weighted by atomic mass is 35.5. The van der Waals surface area contributed by atoms with Gasteiger partial charge in [-0.2, -0.15) is 0 Å². The highest BCUT2D eigenvalue weighted by molar-refractivity contribution is 6.46. The Kier molecular flexibility index (Phi) is 7.37. The Labute approximate surface area is 191 Å². The monoisotopic (exact) mass is 460 g/mol. The molecule has 32 heavy (non-hydrogen) atoms. The Hall–Kier alpha value is -3.10. The molecule has 1 saturated heterocycles. The second kappa shape index (κ2) is 10.0. The number of likely N-dealkylation sites (tertiary alicyclic amines) is 1. The molecule has 0 aliphatic carbocycles. The molecule has 1 aromatic carbocycles. The van der Waals surface area contributed by atoms with Crippen LogP contribution in [0.2, 0.25) is 5.02 Å². The number of amides is 1. The molecule has 170 valence electrons. The topological polar surface area (TPSA) is 98.2 Å². The quantitative estimate of drug-likeness (QED) is 0.365. The minimum atomic E-state index is -0.843. The van der Waals surface area contributed by atoms with Crippen molar-refractivity contribution in [2.24, 2.45) is 0 Å². The van der Waals surface area contributed by atoms with Crippen molar-refractivity contribution in [3.05, 3.63) is 58.4 Å². The summed E-state index contributed by atoms with van der Waals surface area (Å²) in [6.07, 6.45) is 3.11. The number of aliphatic hydroxyl groups is 1. The van der Waals surface area contributed by atoms with E-state index >= 15 is 0 Å². The number of ketones is 1. The lowest BCUT2D eigenvalue weighted by atomic mass is 9.96. The lowest BCUT2D eigenvalue weighted by Crippen LogP contribution is -2.33. The Morgan fingerprint density at radius 3 is 2.53 bits per heavy atom. The van der Waals surface area contributed by atoms with E-state index in [1.807, 2.05) is 13.8 Å². The molecule has 1 fully saturated rings. The number of hydrogen-bond donors (Lipinski definition) is 1. The molecule has 1 aliphatic heterocycles. The fraction of sp³-hybridized carbons (Fsp3) is 0.348.